The second-order valence-electron chi connectivity index (χ2n) is 18.5. The zero-order valence-corrected chi connectivity index (χ0v) is 44.7. The van der Waals surface area contributed by atoms with Crippen molar-refractivity contribution in [3.05, 3.63) is 109 Å². The van der Waals surface area contributed by atoms with Crippen molar-refractivity contribution in [2.75, 3.05) is 47.5 Å². The molecule has 0 N–H and O–H groups in total. The first-order valence-corrected chi connectivity index (χ1v) is 28.1. The van der Waals surface area contributed by atoms with E-state index in [0.717, 1.165) is 122 Å². The van der Waals surface area contributed by atoms with E-state index < -0.39 is 32.5 Å². The third-order valence-corrected chi connectivity index (χ3v) is 11.8. The van der Waals surface area contributed by atoms with Crippen molar-refractivity contribution in [2.45, 2.75) is 200 Å². The lowest BCUT2D eigenvalue weighted by molar-refractivity contribution is -0.870. The summed E-state index contributed by atoms with van der Waals surface area (Å²) in [5.74, 6) is -0.865. The average Bonchev–Trinajstić information content (AvgIpc) is 3.30. The van der Waals surface area contributed by atoms with Crippen LogP contribution in [0, 0.1) is 0 Å². The van der Waals surface area contributed by atoms with Crippen LogP contribution in [0.4, 0.5) is 0 Å². The van der Waals surface area contributed by atoms with Gasteiger partial charge in [-0.25, -0.2) is 0 Å². The van der Waals surface area contributed by atoms with Crippen LogP contribution in [-0.4, -0.2) is 70.0 Å². The summed E-state index contributed by atoms with van der Waals surface area (Å²) in [4.78, 5) is 37.8. The quantitative estimate of drug-likeness (QED) is 0.0195. The van der Waals surface area contributed by atoms with E-state index in [2.05, 4.69) is 123 Å². The minimum atomic E-state index is -4.65. The van der Waals surface area contributed by atoms with Gasteiger partial charge in [-0.1, -0.05) is 194 Å². The minimum Gasteiger partial charge on any atom is -0.756 e. The molecule has 10 heteroatoms. The molecule has 0 spiro atoms. The van der Waals surface area contributed by atoms with E-state index in [9.17, 15) is 19.0 Å². The van der Waals surface area contributed by atoms with E-state index in [1.165, 1.54) is 32.1 Å². The number of hydrogen-bond donors (Lipinski definition) is 0. The van der Waals surface area contributed by atoms with Gasteiger partial charge in [0, 0.05) is 12.8 Å². The van der Waals surface area contributed by atoms with Crippen molar-refractivity contribution in [1.29, 1.82) is 0 Å². The van der Waals surface area contributed by atoms with Crippen LogP contribution in [0.1, 0.15) is 194 Å². The lowest BCUT2D eigenvalue weighted by Gasteiger charge is -2.28. The third kappa shape index (κ3) is 52.0. The second kappa shape index (κ2) is 48.7. The van der Waals surface area contributed by atoms with Gasteiger partial charge in [0.15, 0.2) is 6.10 Å². The summed E-state index contributed by atoms with van der Waals surface area (Å²) in [6.07, 6.45) is 66.9. The molecule has 0 aromatic heterocycles. The Kier molecular flexibility index (Phi) is 46.3. The van der Waals surface area contributed by atoms with Gasteiger partial charge in [-0.3, -0.25) is 14.2 Å². The number of unbranched alkanes of at least 4 members (excludes halogenated alkanes) is 15. The van der Waals surface area contributed by atoms with Crippen LogP contribution in [0.5, 0.6) is 0 Å². The highest BCUT2D eigenvalue weighted by atomic mass is 31.2. The molecule has 0 aromatic rings. The standard InChI is InChI=1S/C58H98NO8P/c1-6-8-10-12-14-16-18-20-22-24-26-27-28-29-30-31-33-35-37-39-41-43-45-47-49-51-58(61)67-56(55-66-68(62,63)65-53-52-59(3,4)5)54-64-57(60)50-48-46-44-42-40-38-36-34-32-25-23-21-19-17-15-13-11-9-7-2/h8-11,14-17,20-23,26-27,29-30,32,34,56H,6-7,12-13,18-19,24-25,28,31,33,35-55H2,1-5H3/b10-8-,11-9-,16-14-,17-15-,22-20-,23-21-,27-26-,30-29-,34-32-. The van der Waals surface area contributed by atoms with Crippen molar-refractivity contribution in [3.63, 3.8) is 0 Å². The number of likely N-dealkylation sites (N-methyl/N-ethyl adjacent to an activating group) is 1. The van der Waals surface area contributed by atoms with Crippen LogP contribution >= 0.6 is 7.82 Å². The third-order valence-electron chi connectivity index (χ3n) is 10.8. The number of phosphoric acid groups is 1. The molecule has 0 heterocycles. The molecule has 388 valence electrons. The summed E-state index contributed by atoms with van der Waals surface area (Å²) in [5.41, 5.74) is 0. The molecule has 0 aliphatic carbocycles. The average molecular weight is 968 g/mol. The number of carbonyl (C=O) groups is 2. The fourth-order valence-corrected chi connectivity index (χ4v) is 7.46. The maximum absolute atomic E-state index is 12.8. The van der Waals surface area contributed by atoms with Gasteiger partial charge in [-0.15, -0.1) is 0 Å². The first kappa shape index (κ1) is 64.7. The first-order valence-electron chi connectivity index (χ1n) is 26.6. The van der Waals surface area contributed by atoms with Crippen molar-refractivity contribution in [3.8, 4) is 0 Å². The molecule has 0 bridgehead atoms. The van der Waals surface area contributed by atoms with Crippen molar-refractivity contribution >= 4 is 19.8 Å². The number of rotatable bonds is 47. The number of carbonyl (C=O) groups excluding carboxylic acids is 2. The summed E-state index contributed by atoms with van der Waals surface area (Å²) >= 11 is 0. The Morgan fingerprint density at radius 2 is 0.794 bits per heavy atom. The Labute approximate surface area is 416 Å². The van der Waals surface area contributed by atoms with Gasteiger partial charge in [-0.2, -0.15) is 0 Å². The smallest absolute Gasteiger partial charge is 0.306 e. The van der Waals surface area contributed by atoms with Gasteiger partial charge in [0.05, 0.1) is 27.7 Å². The van der Waals surface area contributed by atoms with E-state index in [1.807, 2.05) is 21.1 Å². The normalized spacial score (nSPS) is 14.3. The summed E-state index contributed by atoms with van der Waals surface area (Å²) in [6, 6.07) is 0. The Morgan fingerprint density at radius 3 is 1.18 bits per heavy atom. The molecule has 0 rings (SSSR count). The largest absolute Gasteiger partial charge is 0.756 e. The topological polar surface area (TPSA) is 111 Å². The number of esters is 2. The highest BCUT2D eigenvalue weighted by Crippen LogP contribution is 2.38. The van der Waals surface area contributed by atoms with E-state index >= 15 is 0 Å². The highest BCUT2D eigenvalue weighted by Gasteiger charge is 2.21. The Bertz CT molecular complexity index is 1520. The predicted molar refractivity (Wildman–Crippen MR) is 286 cm³/mol. The van der Waals surface area contributed by atoms with Crippen molar-refractivity contribution < 1.29 is 42.1 Å². The van der Waals surface area contributed by atoms with Crippen LogP contribution in [0.2, 0.25) is 0 Å². The number of hydrogen-bond acceptors (Lipinski definition) is 8. The Morgan fingerprint density at radius 1 is 0.456 bits per heavy atom. The molecule has 2 atom stereocenters. The molecule has 68 heavy (non-hydrogen) atoms. The van der Waals surface area contributed by atoms with Crippen LogP contribution in [-0.2, 0) is 32.7 Å². The summed E-state index contributed by atoms with van der Waals surface area (Å²) in [6.45, 7) is 3.97. The van der Waals surface area contributed by atoms with Crippen molar-refractivity contribution in [1.82, 2.24) is 0 Å². The van der Waals surface area contributed by atoms with Crippen LogP contribution in [0.15, 0.2) is 109 Å². The second-order valence-corrected chi connectivity index (χ2v) is 19.9. The Hall–Kier alpha value is -3.33. The van der Waals surface area contributed by atoms with Crippen molar-refractivity contribution in [2.24, 2.45) is 0 Å². The maximum atomic E-state index is 12.8. The number of allylic oxidation sites excluding steroid dienone is 18. The van der Waals surface area contributed by atoms with Gasteiger partial charge in [0.25, 0.3) is 7.82 Å². The minimum absolute atomic E-state index is 0.0409. The van der Waals surface area contributed by atoms with Crippen LogP contribution in [0.3, 0.4) is 0 Å². The zero-order valence-electron chi connectivity index (χ0n) is 43.8. The molecule has 0 fully saturated rings. The van der Waals surface area contributed by atoms with Gasteiger partial charge >= 0.3 is 11.9 Å². The Balaban J connectivity index is 4.28. The number of phosphoric ester groups is 1. The monoisotopic (exact) mass is 968 g/mol. The van der Waals surface area contributed by atoms with Crippen LogP contribution < -0.4 is 4.89 Å². The zero-order chi connectivity index (χ0) is 49.9. The van der Waals surface area contributed by atoms with Gasteiger partial charge in [-0.05, 0) is 96.3 Å². The first-order chi connectivity index (χ1) is 33.0. The molecule has 2 unspecified atom stereocenters. The molecule has 0 saturated carbocycles. The van der Waals surface area contributed by atoms with Crippen LogP contribution in [0.25, 0.3) is 0 Å². The molecular formula is C58H98NO8P. The number of ether oxygens (including phenoxy) is 2. The summed E-state index contributed by atoms with van der Waals surface area (Å²) in [7, 11) is 1.14. The maximum Gasteiger partial charge on any atom is 0.306 e. The van der Waals surface area contributed by atoms with Gasteiger partial charge in [0.1, 0.15) is 19.8 Å². The number of quaternary nitrogens is 1. The summed E-state index contributed by atoms with van der Waals surface area (Å²) in [5, 5.41) is 0. The fourth-order valence-electron chi connectivity index (χ4n) is 6.73. The van der Waals surface area contributed by atoms with E-state index in [4.69, 9.17) is 18.5 Å². The predicted octanol–water partition coefficient (Wildman–Crippen LogP) is 15.6. The molecule has 0 saturated heterocycles. The summed E-state index contributed by atoms with van der Waals surface area (Å²) < 4.78 is 34.1. The highest BCUT2D eigenvalue weighted by molar-refractivity contribution is 7.45. The van der Waals surface area contributed by atoms with E-state index in [0.29, 0.717) is 23.9 Å². The van der Waals surface area contributed by atoms with E-state index in [1.54, 1.807) is 0 Å². The van der Waals surface area contributed by atoms with Gasteiger partial charge in [0.2, 0.25) is 0 Å². The molecule has 0 amide bonds. The molecule has 0 radical (unpaired) electrons. The molecular weight excluding hydrogens is 870 g/mol. The molecule has 0 aliphatic rings. The molecule has 0 aromatic carbocycles. The lowest BCUT2D eigenvalue weighted by Crippen LogP contribution is -2.37. The fraction of sp³-hybridized carbons (Fsp3) is 0.655. The molecule has 9 nitrogen and oxygen atoms in total. The lowest BCUT2D eigenvalue weighted by atomic mass is 10.1. The number of nitrogens with zero attached hydrogens (tertiary/aromatic N) is 1. The SMILES string of the molecule is CC/C=C\C/C=C\C/C=C\C/C=C\C/C=C\CCCCCCCCCCCC(=O)OC(COC(=O)CCCCCCCC/C=C\C/C=C\C/C=C\C/C=C\CC)COP(=O)([O-])OCC[N+](C)(C)C. The van der Waals surface area contributed by atoms with Gasteiger partial charge < -0.3 is 27.9 Å². The molecule has 0 aliphatic heterocycles. The van der Waals surface area contributed by atoms with E-state index in [-0.39, 0.29) is 26.1 Å².